The molecule has 2 atom stereocenters. The van der Waals surface area contributed by atoms with E-state index in [4.69, 9.17) is 4.74 Å². The molecule has 0 radical (unpaired) electrons. The van der Waals surface area contributed by atoms with Gasteiger partial charge in [-0.15, -0.1) is 0 Å². The zero-order valence-electron chi connectivity index (χ0n) is 15.3. The number of benzene rings is 3. The van der Waals surface area contributed by atoms with E-state index in [1.165, 1.54) is 0 Å². The zero-order chi connectivity index (χ0) is 21.1. The van der Waals surface area contributed by atoms with E-state index < -0.39 is 35.2 Å². The second kappa shape index (κ2) is 8.65. The molecule has 0 bridgehead atoms. The first kappa shape index (κ1) is 21.5. The summed E-state index contributed by atoms with van der Waals surface area (Å²) in [5.74, 6) is 0.435. The van der Waals surface area contributed by atoms with Crippen LogP contribution in [0.1, 0.15) is 12.0 Å². The van der Waals surface area contributed by atoms with Crippen LogP contribution in [0.4, 0.5) is 0 Å². The van der Waals surface area contributed by atoms with Gasteiger partial charge in [-0.05, 0) is 28.5 Å². The molecule has 0 heterocycles. The van der Waals surface area contributed by atoms with Crippen LogP contribution in [0.25, 0.3) is 10.8 Å². The third kappa shape index (κ3) is 5.88. The Morgan fingerprint density at radius 1 is 0.897 bits per heavy atom. The Kier molecular flexibility index (Phi) is 6.41. The summed E-state index contributed by atoms with van der Waals surface area (Å²) in [6.45, 7) is 0. The van der Waals surface area contributed by atoms with Gasteiger partial charge in [-0.1, -0.05) is 60.7 Å². The molecule has 0 aliphatic heterocycles. The largest absolute Gasteiger partial charge is 0.490 e. The zero-order valence-corrected chi connectivity index (χ0v) is 17.0. The molecule has 0 aromatic heterocycles. The van der Waals surface area contributed by atoms with Gasteiger partial charge in [0.25, 0.3) is 10.1 Å². The minimum atomic E-state index is -5.12. The number of hydrogen-bond acceptors (Lipinski definition) is 4. The van der Waals surface area contributed by atoms with Crippen molar-refractivity contribution in [3.05, 3.63) is 78.4 Å². The third-order valence-electron chi connectivity index (χ3n) is 4.51. The summed E-state index contributed by atoms with van der Waals surface area (Å²) in [5, 5.41) is 1.90. The predicted octanol–water partition coefficient (Wildman–Crippen LogP) is 3.61. The molecule has 3 rings (SSSR count). The Morgan fingerprint density at radius 3 is 2.14 bits per heavy atom. The van der Waals surface area contributed by atoms with Crippen LogP contribution < -0.4 is 4.74 Å². The molecule has 0 saturated heterocycles. The Balaban J connectivity index is 1.92. The molecule has 7 nitrogen and oxygen atoms in total. The maximum absolute atomic E-state index is 11.7. The fraction of sp³-hybridized carbons (Fsp3) is 0.200. The molecule has 0 aliphatic rings. The minimum absolute atomic E-state index is 0.208. The van der Waals surface area contributed by atoms with Crippen molar-refractivity contribution in [2.75, 3.05) is 0 Å². The van der Waals surface area contributed by atoms with Gasteiger partial charge < -0.3 is 14.5 Å². The fourth-order valence-corrected chi connectivity index (χ4v) is 5.50. The lowest BCUT2D eigenvalue weighted by molar-refractivity contribution is 0.190. The van der Waals surface area contributed by atoms with Gasteiger partial charge in [0, 0.05) is 12.8 Å². The van der Waals surface area contributed by atoms with Gasteiger partial charge in [-0.3, -0.25) is 9.12 Å². The van der Waals surface area contributed by atoms with Gasteiger partial charge in [0.05, 0.1) is 0 Å². The molecule has 0 saturated carbocycles. The topological polar surface area (TPSA) is 121 Å². The van der Waals surface area contributed by atoms with E-state index in [0.29, 0.717) is 5.75 Å². The van der Waals surface area contributed by atoms with Crippen molar-refractivity contribution < 1.29 is 32.1 Å². The van der Waals surface area contributed by atoms with E-state index in [0.717, 1.165) is 16.3 Å². The van der Waals surface area contributed by atoms with Crippen molar-refractivity contribution in [1.82, 2.24) is 0 Å². The van der Waals surface area contributed by atoms with Gasteiger partial charge >= 0.3 is 7.60 Å². The first-order valence-electron chi connectivity index (χ1n) is 8.84. The highest BCUT2D eigenvalue weighted by molar-refractivity contribution is 7.93. The molecule has 0 fully saturated rings. The maximum atomic E-state index is 11.7. The predicted molar refractivity (Wildman–Crippen MR) is 111 cm³/mol. The van der Waals surface area contributed by atoms with E-state index >= 15 is 0 Å². The molecule has 0 spiro atoms. The molecular formula is C20H21O7PS. The lowest BCUT2D eigenvalue weighted by Crippen LogP contribution is -2.30. The van der Waals surface area contributed by atoms with Gasteiger partial charge in [0.2, 0.25) is 0 Å². The normalized spacial score (nSPS) is 14.4. The quantitative estimate of drug-likeness (QED) is 0.364. The average Bonchev–Trinajstić information content (AvgIpc) is 2.65. The van der Waals surface area contributed by atoms with Crippen LogP contribution in [-0.2, 0) is 21.1 Å². The molecule has 3 aromatic carbocycles. The Morgan fingerprint density at radius 2 is 1.52 bits per heavy atom. The molecule has 3 aromatic rings. The van der Waals surface area contributed by atoms with Crippen LogP contribution in [-0.4, -0.2) is 33.9 Å². The number of fused-ring (bicyclic) bond motifs is 1. The van der Waals surface area contributed by atoms with Gasteiger partial charge in [0.15, 0.2) is 4.99 Å². The number of rotatable bonds is 8. The minimum Gasteiger partial charge on any atom is -0.490 e. The van der Waals surface area contributed by atoms with Crippen molar-refractivity contribution in [3.63, 3.8) is 0 Å². The molecular weight excluding hydrogens is 415 g/mol. The van der Waals surface area contributed by atoms with Crippen molar-refractivity contribution in [2.24, 2.45) is 0 Å². The fourth-order valence-electron chi connectivity index (χ4n) is 3.14. The average molecular weight is 436 g/mol. The van der Waals surface area contributed by atoms with E-state index in [9.17, 15) is 27.3 Å². The van der Waals surface area contributed by atoms with Crippen LogP contribution in [0.2, 0.25) is 0 Å². The molecule has 29 heavy (non-hydrogen) atoms. The van der Waals surface area contributed by atoms with Crippen LogP contribution in [0.5, 0.6) is 5.75 Å². The highest BCUT2D eigenvalue weighted by atomic mass is 32.2. The first-order chi connectivity index (χ1) is 13.6. The van der Waals surface area contributed by atoms with Crippen molar-refractivity contribution in [3.8, 4) is 5.75 Å². The van der Waals surface area contributed by atoms with Crippen molar-refractivity contribution in [2.45, 2.75) is 23.9 Å². The Labute approximate surface area is 168 Å². The van der Waals surface area contributed by atoms with Gasteiger partial charge in [0.1, 0.15) is 11.9 Å². The van der Waals surface area contributed by atoms with E-state index in [1.54, 1.807) is 36.4 Å². The number of ether oxygens (including phenoxy) is 1. The summed E-state index contributed by atoms with van der Waals surface area (Å²) >= 11 is 0. The van der Waals surface area contributed by atoms with E-state index in [1.807, 2.05) is 36.4 Å². The van der Waals surface area contributed by atoms with Crippen LogP contribution >= 0.6 is 7.60 Å². The lowest BCUT2D eigenvalue weighted by atomic mass is 10.1. The molecule has 0 aliphatic carbocycles. The molecule has 154 valence electrons. The molecule has 2 unspecified atom stereocenters. The summed E-state index contributed by atoms with van der Waals surface area (Å²) in [6.07, 6.45) is -1.25. The SMILES string of the molecule is O=P(O)(O)C(CC(Cc1ccccc1)Oc1ccc2ccccc2c1)S(=O)(=O)O. The highest BCUT2D eigenvalue weighted by Crippen LogP contribution is 2.46. The van der Waals surface area contributed by atoms with E-state index in [-0.39, 0.29) is 6.42 Å². The molecule has 0 amide bonds. The van der Waals surface area contributed by atoms with Crippen LogP contribution in [0.15, 0.2) is 72.8 Å². The molecule has 3 N–H and O–H groups in total. The van der Waals surface area contributed by atoms with E-state index in [2.05, 4.69) is 0 Å². The Hall–Kier alpha value is -2.22. The number of hydrogen-bond donors (Lipinski definition) is 3. The summed E-state index contributed by atoms with van der Waals surface area (Å²) in [4.78, 5) is 16.6. The highest BCUT2D eigenvalue weighted by Gasteiger charge is 2.42. The van der Waals surface area contributed by atoms with Gasteiger partial charge in [-0.25, -0.2) is 0 Å². The lowest BCUT2D eigenvalue weighted by Gasteiger charge is -2.24. The standard InChI is InChI=1S/C20H21O7PS/c21-28(22,23)20(29(24,25)26)14-19(12-15-6-2-1-3-7-15)27-18-11-10-16-8-4-5-9-17(16)13-18/h1-11,13,19-20H,12,14H2,(H2,21,22,23)(H,24,25,26). The summed E-state index contributed by atoms with van der Waals surface area (Å²) < 4.78 is 50.2. The monoisotopic (exact) mass is 436 g/mol. The van der Waals surface area contributed by atoms with Crippen molar-refractivity contribution >= 4 is 28.5 Å². The Bertz CT molecular complexity index is 1130. The second-order valence-corrected chi connectivity index (χ2v) is 10.5. The maximum Gasteiger partial charge on any atom is 0.346 e. The van der Waals surface area contributed by atoms with Crippen LogP contribution in [0, 0.1) is 0 Å². The van der Waals surface area contributed by atoms with Crippen LogP contribution in [0.3, 0.4) is 0 Å². The first-order valence-corrected chi connectivity index (χ1v) is 12.0. The summed E-state index contributed by atoms with van der Waals surface area (Å²) in [6, 6.07) is 21.9. The summed E-state index contributed by atoms with van der Waals surface area (Å²) in [5.41, 5.74) is 0.804. The smallest absolute Gasteiger partial charge is 0.346 e. The molecule has 9 heteroatoms. The second-order valence-electron chi connectivity index (χ2n) is 6.73. The van der Waals surface area contributed by atoms with Gasteiger partial charge in [-0.2, -0.15) is 8.42 Å². The van der Waals surface area contributed by atoms with Crippen molar-refractivity contribution in [1.29, 1.82) is 0 Å². The summed E-state index contributed by atoms with van der Waals surface area (Å²) in [7, 11) is -10.1. The third-order valence-corrected chi connectivity index (χ3v) is 7.98.